The van der Waals surface area contributed by atoms with Crippen molar-refractivity contribution in [2.75, 3.05) is 0 Å². The number of rotatable bonds is 6. The molecule has 0 N–H and O–H groups in total. The van der Waals surface area contributed by atoms with Crippen LogP contribution in [-0.2, 0) is 16.6 Å². The number of imidazole rings is 1. The third-order valence-electron chi connectivity index (χ3n) is 4.27. The molecule has 140 valence electrons. The fourth-order valence-electron chi connectivity index (χ4n) is 2.83. The SMILES string of the molecule is O=S(=O)(c1ccccc1)n1ccnc1-c1ccc(OCc2ccccc2)cc1. The molecule has 0 bridgehead atoms. The summed E-state index contributed by atoms with van der Waals surface area (Å²) >= 11 is 0. The van der Waals surface area contributed by atoms with Crippen LogP contribution >= 0.6 is 0 Å². The average Bonchev–Trinajstić information content (AvgIpc) is 3.25. The predicted molar refractivity (Wildman–Crippen MR) is 107 cm³/mol. The summed E-state index contributed by atoms with van der Waals surface area (Å²) in [6.07, 6.45) is 2.94. The molecule has 4 aromatic rings. The van der Waals surface area contributed by atoms with Crippen LogP contribution in [0.1, 0.15) is 5.56 Å². The van der Waals surface area contributed by atoms with Crippen molar-refractivity contribution in [1.29, 1.82) is 0 Å². The van der Waals surface area contributed by atoms with Gasteiger partial charge in [-0.25, -0.2) is 17.4 Å². The monoisotopic (exact) mass is 390 g/mol. The highest BCUT2D eigenvalue weighted by Gasteiger charge is 2.20. The number of aromatic nitrogens is 2. The highest BCUT2D eigenvalue weighted by Crippen LogP contribution is 2.25. The maximum absolute atomic E-state index is 12.9. The van der Waals surface area contributed by atoms with Gasteiger partial charge in [0.05, 0.1) is 4.90 Å². The first-order valence-corrected chi connectivity index (χ1v) is 10.2. The zero-order chi connectivity index (χ0) is 19.4. The molecule has 0 aliphatic rings. The summed E-state index contributed by atoms with van der Waals surface area (Å²) in [7, 11) is -3.71. The van der Waals surface area contributed by atoms with Crippen molar-refractivity contribution in [3.05, 3.63) is 103 Å². The number of hydrogen-bond acceptors (Lipinski definition) is 4. The van der Waals surface area contributed by atoms with Crippen molar-refractivity contribution in [3.8, 4) is 17.1 Å². The lowest BCUT2D eigenvalue weighted by Crippen LogP contribution is -2.13. The van der Waals surface area contributed by atoms with Gasteiger partial charge in [-0.3, -0.25) is 0 Å². The van der Waals surface area contributed by atoms with Crippen LogP contribution in [0.3, 0.4) is 0 Å². The third-order valence-corrected chi connectivity index (χ3v) is 5.95. The molecule has 0 saturated carbocycles. The largest absolute Gasteiger partial charge is 0.489 e. The van der Waals surface area contributed by atoms with E-state index in [0.717, 1.165) is 5.56 Å². The van der Waals surface area contributed by atoms with Crippen LogP contribution in [-0.4, -0.2) is 17.4 Å². The Labute approximate surface area is 163 Å². The van der Waals surface area contributed by atoms with Crippen LogP contribution in [0.2, 0.25) is 0 Å². The van der Waals surface area contributed by atoms with Crippen molar-refractivity contribution in [3.63, 3.8) is 0 Å². The Bertz CT molecular complexity index is 1150. The number of ether oxygens (including phenoxy) is 1. The molecule has 0 saturated heterocycles. The second kappa shape index (κ2) is 7.70. The smallest absolute Gasteiger partial charge is 0.269 e. The van der Waals surface area contributed by atoms with Gasteiger partial charge in [-0.2, -0.15) is 0 Å². The lowest BCUT2D eigenvalue weighted by atomic mass is 10.2. The molecule has 0 unspecified atom stereocenters. The van der Waals surface area contributed by atoms with Crippen LogP contribution in [0.25, 0.3) is 11.4 Å². The number of benzene rings is 3. The summed E-state index contributed by atoms with van der Waals surface area (Å²) in [6.45, 7) is 0.469. The summed E-state index contributed by atoms with van der Waals surface area (Å²) in [4.78, 5) is 4.46. The van der Waals surface area contributed by atoms with E-state index in [-0.39, 0.29) is 4.90 Å². The fraction of sp³-hybridized carbons (Fsp3) is 0.0455. The van der Waals surface area contributed by atoms with E-state index in [1.807, 2.05) is 42.5 Å². The topological polar surface area (TPSA) is 61.2 Å². The molecule has 6 heteroatoms. The Hall–Kier alpha value is -3.38. The third kappa shape index (κ3) is 3.68. The molecule has 0 aliphatic carbocycles. The van der Waals surface area contributed by atoms with E-state index in [9.17, 15) is 8.42 Å². The van der Waals surface area contributed by atoms with Crippen molar-refractivity contribution in [2.45, 2.75) is 11.5 Å². The predicted octanol–water partition coefficient (Wildman–Crippen LogP) is 4.37. The first-order chi connectivity index (χ1) is 13.6. The molecular formula is C22H18N2O3S. The summed E-state index contributed by atoms with van der Waals surface area (Å²) in [5.74, 6) is 1.06. The summed E-state index contributed by atoms with van der Waals surface area (Å²) < 4.78 is 32.8. The summed E-state index contributed by atoms with van der Waals surface area (Å²) in [5, 5.41) is 0. The molecule has 1 heterocycles. The van der Waals surface area contributed by atoms with E-state index in [1.54, 1.807) is 42.5 Å². The van der Waals surface area contributed by atoms with E-state index in [0.29, 0.717) is 23.7 Å². The number of hydrogen-bond donors (Lipinski definition) is 0. The van der Waals surface area contributed by atoms with E-state index in [1.165, 1.54) is 16.4 Å². The lowest BCUT2D eigenvalue weighted by Gasteiger charge is -2.10. The van der Waals surface area contributed by atoms with Crippen LogP contribution in [0, 0.1) is 0 Å². The molecule has 1 aromatic heterocycles. The Morgan fingerprint density at radius 3 is 2.14 bits per heavy atom. The Morgan fingerprint density at radius 1 is 0.821 bits per heavy atom. The normalized spacial score (nSPS) is 11.3. The van der Waals surface area contributed by atoms with Crippen molar-refractivity contribution in [2.24, 2.45) is 0 Å². The Balaban J connectivity index is 1.57. The minimum absolute atomic E-state index is 0.220. The van der Waals surface area contributed by atoms with Crippen LogP contribution in [0.15, 0.2) is 102 Å². The minimum atomic E-state index is -3.71. The van der Waals surface area contributed by atoms with Gasteiger partial charge in [-0.1, -0.05) is 48.5 Å². The standard InChI is InChI=1S/C22H18N2O3S/c25-28(26,21-9-5-2-6-10-21)24-16-15-23-22(24)19-11-13-20(14-12-19)27-17-18-7-3-1-4-8-18/h1-16H,17H2. The molecule has 0 radical (unpaired) electrons. The minimum Gasteiger partial charge on any atom is -0.489 e. The van der Waals surface area contributed by atoms with Crippen molar-refractivity contribution in [1.82, 2.24) is 8.96 Å². The molecular weight excluding hydrogens is 372 g/mol. The van der Waals surface area contributed by atoms with Gasteiger partial charge in [0.2, 0.25) is 0 Å². The van der Waals surface area contributed by atoms with Gasteiger partial charge < -0.3 is 4.74 Å². The quantitative estimate of drug-likeness (QED) is 0.491. The van der Waals surface area contributed by atoms with Gasteiger partial charge in [0.1, 0.15) is 12.4 Å². The van der Waals surface area contributed by atoms with Gasteiger partial charge in [-0.15, -0.1) is 0 Å². The molecule has 5 nitrogen and oxygen atoms in total. The highest BCUT2D eigenvalue weighted by atomic mass is 32.2. The average molecular weight is 390 g/mol. The van der Waals surface area contributed by atoms with E-state index in [2.05, 4.69) is 4.98 Å². The van der Waals surface area contributed by atoms with E-state index >= 15 is 0 Å². The first-order valence-electron chi connectivity index (χ1n) is 8.76. The lowest BCUT2D eigenvalue weighted by molar-refractivity contribution is 0.306. The Kier molecular flexibility index (Phi) is 4.95. The van der Waals surface area contributed by atoms with Crippen LogP contribution in [0.4, 0.5) is 0 Å². The second-order valence-electron chi connectivity index (χ2n) is 6.16. The number of nitrogens with zero attached hydrogens (tertiary/aromatic N) is 2. The van der Waals surface area contributed by atoms with Crippen molar-refractivity contribution < 1.29 is 13.2 Å². The van der Waals surface area contributed by atoms with Gasteiger partial charge in [0.15, 0.2) is 5.82 Å². The molecule has 0 aliphatic heterocycles. The second-order valence-corrected chi connectivity index (χ2v) is 7.98. The van der Waals surface area contributed by atoms with E-state index < -0.39 is 10.0 Å². The van der Waals surface area contributed by atoms with Crippen LogP contribution < -0.4 is 4.74 Å². The maximum Gasteiger partial charge on any atom is 0.269 e. The highest BCUT2D eigenvalue weighted by molar-refractivity contribution is 7.90. The summed E-state index contributed by atoms with van der Waals surface area (Å²) in [6, 6.07) is 25.4. The molecule has 0 fully saturated rings. The molecule has 28 heavy (non-hydrogen) atoms. The van der Waals surface area contributed by atoms with Gasteiger partial charge in [-0.05, 0) is 42.0 Å². The van der Waals surface area contributed by atoms with Crippen LogP contribution in [0.5, 0.6) is 5.75 Å². The zero-order valence-electron chi connectivity index (χ0n) is 15.0. The summed E-state index contributed by atoms with van der Waals surface area (Å²) in [5.41, 5.74) is 1.77. The Morgan fingerprint density at radius 2 is 1.46 bits per heavy atom. The van der Waals surface area contributed by atoms with Crippen molar-refractivity contribution >= 4 is 10.0 Å². The van der Waals surface area contributed by atoms with E-state index in [4.69, 9.17) is 4.74 Å². The molecule has 0 spiro atoms. The zero-order valence-corrected chi connectivity index (χ0v) is 15.8. The molecule has 3 aromatic carbocycles. The van der Waals surface area contributed by atoms with Gasteiger partial charge in [0, 0.05) is 18.0 Å². The molecule has 0 amide bonds. The van der Waals surface area contributed by atoms with Gasteiger partial charge in [0.25, 0.3) is 10.0 Å². The maximum atomic E-state index is 12.9. The molecule has 4 rings (SSSR count). The molecule has 0 atom stereocenters. The first kappa shape index (κ1) is 18.0. The fourth-order valence-corrected chi connectivity index (χ4v) is 4.16. The van der Waals surface area contributed by atoms with Gasteiger partial charge >= 0.3 is 0 Å².